The van der Waals surface area contributed by atoms with E-state index in [1.165, 1.54) is 30.2 Å². The standard InChI is InChI=1S/C16H20ClN/c1-11-6-7-13(10-12(11)2)18-9-8-14-15(17)4-3-5-16(14)18/h3-5,8-9,11-13H,6-7,10H2,1-2H3. The zero-order chi connectivity index (χ0) is 12.7. The summed E-state index contributed by atoms with van der Waals surface area (Å²) in [5.74, 6) is 1.69. The molecule has 1 aliphatic rings. The molecule has 0 bridgehead atoms. The monoisotopic (exact) mass is 261 g/mol. The van der Waals surface area contributed by atoms with Gasteiger partial charge in [-0.1, -0.05) is 31.5 Å². The Hall–Kier alpha value is -0.950. The Morgan fingerprint density at radius 2 is 1.94 bits per heavy atom. The molecule has 1 aromatic carbocycles. The molecule has 1 nitrogen and oxygen atoms in total. The SMILES string of the molecule is CC1CCC(n2ccc3c(Cl)cccc32)CC1C. The first kappa shape index (κ1) is 12.1. The molecule has 3 unspecified atom stereocenters. The van der Waals surface area contributed by atoms with Gasteiger partial charge in [-0.3, -0.25) is 0 Å². The van der Waals surface area contributed by atoms with Crippen LogP contribution in [-0.4, -0.2) is 4.57 Å². The van der Waals surface area contributed by atoms with Crippen molar-refractivity contribution in [3.8, 4) is 0 Å². The molecule has 1 aliphatic carbocycles. The van der Waals surface area contributed by atoms with Crippen molar-refractivity contribution < 1.29 is 0 Å². The van der Waals surface area contributed by atoms with Gasteiger partial charge in [0.25, 0.3) is 0 Å². The van der Waals surface area contributed by atoms with Crippen molar-refractivity contribution in [2.45, 2.75) is 39.2 Å². The van der Waals surface area contributed by atoms with Gasteiger partial charge in [-0.15, -0.1) is 0 Å². The Bertz CT molecular complexity index is 557. The second-order valence-corrected chi connectivity index (χ2v) is 6.22. The van der Waals surface area contributed by atoms with Crippen LogP contribution in [0.2, 0.25) is 5.02 Å². The number of fused-ring (bicyclic) bond motifs is 1. The second kappa shape index (κ2) is 4.62. The summed E-state index contributed by atoms with van der Waals surface area (Å²) in [6.07, 6.45) is 6.13. The molecule has 1 heterocycles. The molecule has 96 valence electrons. The largest absolute Gasteiger partial charge is 0.344 e. The zero-order valence-electron chi connectivity index (χ0n) is 11.1. The highest BCUT2D eigenvalue weighted by molar-refractivity contribution is 6.35. The predicted molar refractivity (Wildman–Crippen MR) is 78.2 cm³/mol. The van der Waals surface area contributed by atoms with E-state index in [0.717, 1.165) is 16.9 Å². The maximum Gasteiger partial charge on any atom is 0.0499 e. The first-order chi connectivity index (χ1) is 8.66. The van der Waals surface area contributed by atoms with Crippen LogP contribution in [0.1, 0.15) is 39.2 Å². The molecule has 3 atom stereocenters. The number of hydrogen-bond donors (Lipinski definition) is 0. The molecule has 0 aliphatic heterocycles. The fraction of sp³-hybridized carbons (Fsp3) is 0.500. The highest BCUT2D eigenvalue weighted by Crippen LogP contribution is 2.38. The van der Waals surface area contributed by atoms with Gasteiger partial charge in [0.1, 0.15) is 0 Å². The Balaban J connectivity index is 1.98. The van der Waals surface area contributed by atoms with Gasteiger partial charge in [0.2, 0.25) is 0 Å². The van der Waals surface area contributed by atoms with Crippen molar-refractivity contribution in [3.63, 3.8) is 0 Å². The van der Waals surface area contributed by atoms with Gasteiger partial charge in [-0.25, -0.2) is 0 Å². The predicted octanol–water partition coefficient (Wildman–Crippen LogP) is 5.29. The Morgan fingerprint density at radius 1 is 1.11 bits per heavy atom. The first-order valence-corrected chi connectivity index (χ1v) is 7.29. The lowest BCUT2D eigenvalue weighted by Crippen LogP contribution is -2.22. The number of nitrogens with zero attached hydrogens (tertiary/aromatic N) is 1. The third kappa shape index (κ3) is 1.95. The van der Waals surface area contributed by atoms with E-state index in [0.29, 0.717) is 6.04 Å². The van der Waals surface area contributed by atoms with Crippen molar-refractivity contribution in [2.24, 2.45) is 11.8 Å². The van der Waals surface area contributed by atoms with Crippen LogP contribution in [0.25, 0.3) is 10.9 Å². The molecule has 0 spiro atoms. The summed E-state index contributed by atoms with van der Waals surface area (Å²) in [5.41, 5.74) is 1.29. The third-order valence-electron chi connectivity index (χ3n) is 4.67. The van der Waals surface area contributed by atoms with Crippen molar-refractivity contribution >= 4 is 22.5 Å². The second-order valence-electron chi connectivity index (χ2n) is 5.82. The van der Waals surface area contributed by atoms with Crippen LogP contribution in [0.5, 0.6) is 0 Å². The Kier molecular flexibility index (Phi) is 3.11. The quantitative estimate of drug-likeness (QED) is 0.657. The van der Waals surface area contributed by atoms with Crippen LogP contribution in [0, 0.1) is 11.8 Å². The lowest BCUT2D eigenvalue weighted by Gasteiger charge is -2.33. The Labute approximate surface area is 114 Å². The molecule has 1 fully saturated rings. The van der Waals surface area contributed by atoms with Crippen LogP contribution < -0.4 is 0 Å². The van der Waals surface area contributed by atoms with Crippen LogP contribution >= 0.6 is 11.6 Å². The minimum Gasteiger partial charge on any atom is -0.344 e. The molecule has 2 aromatic rings. The summed E-state index contributed by atoms with van der Waals surface area (Å²) in [7, 11) is 0. The Morgan fingerprint density at radius 3 is 2.72 bits per heavy atom. The fourth-order valence-electron chi connectivity index (χ4n) is 3.24. The van der Waals surface area contributed by atoms with E-state index in [9.17, 15) is 0 Å². The van der Waals surface area contributed by atoms with Gasteiger partial charge in [0.05, 0.1) is 0 Å². The maximum absolute atomic E-state index is 6.25. The van der Waals surface area contributed by atoms with E-state index in [1.807, 2.05) is 6.07 Å². The van der Waals surface area contributed by atoms with Crippen LogP contribution in [0.4, 0.5) is 0 Å². The molecule has 3 rings (SSSR count). The van der Waals surface area contributed by atoms with E-state index in [1.54, 1.807) is 0 Å². The summed E-state index contributed by atoms with van der Waals surface area (Å²) < 4.78 is 2.43. The van der Waals surface area contributed by atoms with Crippen LogP contribution in [-0.2, 0) is 0 Å². The maximum atomic E-state index is 6.25. The average Bonchev–Trinajstić information content (AvgIpc) is 2.78. The minimum absolute atomic E-state index is 0.646. The van der Waals surface area contributed by atoms with Crippen LogP contribution in [0.3, 0.4) is 0 Å². The van der Waals surface area contributed by atoms with Crippen molar-refractivity contribution in [1.29, 1.82) is 0 Å². The molecule has 1 aromatic heterocycles. The topological polar surface area (TPSA) is 4.93 Å². The van der Waals surface area contributed by atoms with Crippen molar-refractivity contribution in [3.05, 3.63) is 35.5 Å². The molecular weight excluding hydrogens is 242 g/mol. The first-order valence-electron chi connectivity index (χ1n) is 6.92. The van der Waals surface area contributed by atoms with Gasteiger partial charge >= 0.3 is 0 Å². The van der Waals surface area contributed by atoms with Crippen molar-refractivity contribution in [1.82, 2.24) is 4.57 Å². The minimum atomic E-state index is 0.646. The van der Waals surface area contributed by atoms with Gasteiger partial charge in [-0.05, 0) is 49.3 Å². The van der Waals surface area contributed by atoms with E-state index in [4.69, 9.17) is 11.6 Å². The number of aromatic nitrogens is 1. The number of rotatable bonds is 1. The average molecular weight is 262 g/mol. The lowest BCUT2D eigenvalue weighted by molar-refractivity contribution is 0.214. The molecule has 18 heavy (non-hydrogen) atoms. The number of benzene rings is 1. The van der Waals surface area contributed by atoms with Crippen LogP contribution in [0.15, 0.2) is 30.5 Å². The zero-order valence-corrected chi connectivity index (χ0v) is 11.8. The molecule has 0 N–H and O–H groups in total. The molecule has 0 radical (unpaired) electrons. The fourth-order valence-corrected chi connectivity index (χ4v) is 3.47. The molecule has 0 saturated heterocycles. The summed E-state index contributed by atoms with van der Waals surface area (Å²) in [4.78, 5) is 0. The highest BCUT2D eigenvalue weighted by Gasteiger charge is 2.26. The van der Waals surface area contributed by atoms with E-state index in [2.05, 4.69) is 42.8 Å². The molecular formula is C16H20ClN. The number of hydrogen-bond acceptors (Lipinski definition) is 0. The van der Waals surface area contributed by atoms with Gasteiger partial charge in [-0.2, -0.15) is 0 Å². The van der Waals surface area contributed by atoms with Gasteiger partial charge in [0.15, 0.2) is 0 Å². The lowest BCUT2D eigenvalue weighted by atomic mass is 9.79. The highest BCUT2D eigenvalue weighted by atomic mass is 35.5. The summed E-state index contributed by atoms with van der Waals surface area (Å²) >= 11 is 6.25. The molecule has 2 heteroatoms. The number of halogens is 1. The summed E-state index contributed by atoms with van der Waals surface area (Å²) in [6, 6.07) is 9.01. The van der Waals surface area contributed by atoms with E-state index >= 15 is 0 Å². The van der Waals surface area contributed by atoms with E-state index < -0.39 is 0 Å². The normalized spacial score (nSPS) is 28.7. The summed E-state index contributed by atoms with van der Waals surface area (Å²) in [5, 5.41) is 2.05. The van der Waals surface area contributed by atoms with Gasteiger partial charge < -0.3 is 4.57 Å². The smallest absolute Gasteiger partial charge is 0.0499 e. The third-order valence-corrected chi connectivity index (χ3v) is 5.00. The van der Waals surface area contributed by atoms with E-state index in [-0.39, 0.29) is 0 Å². The summed E-state index contributed by atoms with van der Waals surface area (Å²) in [6.45, 7) is 4.76. The van der Waals surface area contributed by atoms with Crippen molar-refractivity contribution in [2.75, 3.05) is 0 Å². The molecule has 1 saturated carbocycles. The molecule has 0 amide bonds. The van der Waals surface area contributed by atoms with Gasteiger partial charge in [0, 0.05) is 28.2 Å².